The zero-order chi connectivity index (χ0) is 14.6. The van der Waals surface area contributed by atoms with E-state index >= 15 is 0 Å². The van der Waals surface area contributed by atoms with E-state index in [4.69, 9.17) is 0 Å². The van der Waals surface area contributed by atoms with Crippen LogP contribution < -0.4 is 34.1 Å². The van der Waals surface area contributed by atoms with Gasteiger partial charge in [-0.25, -0.2) is 0 Å². The highest BCUT2D eigenvalue weighted by atomic mass is 127. The van der Waals surface area contributed by atoms with Gasteiger partial charge in [0.15, 0.2) is 12.7 Å². The van der Waals surface area contributed by atoms with Gasteiger partial charge in [0.25, 0.3) is 5.56 Å². The Morgan fingerprint density at radius 3 is 2.59 bits per heavy atom. The van der Waals surface area contributed by atoms with Crippen LogP contribution in [0.3, 0.4) is 0 Å². The van der Waals surface area contributed by atoms with Crippen LogP contribution in [-0.4, -0.2) is 4.40 Å². The van der Waals surface area contributed by atoms with Gasteiger partial charge in [-0.05, 0) is 6.07 Å². The molecule has 0 aliphatic rings. The molecule has 1 aromatic carbocycles. The molecule has 0 bridgehead atoms. The highest BCUT2D eigenvalue weighted by molar-refractivity contribution is 6.11. The van der Waals surface area contributed by atoms with Crippen molar-refractivity contribution < 1.29 is 28.5 Å². The van der Waals surface area contributed by atoms with E-state index in [1.165, 1.54) is 0 Å². The largest absolute Gasteiger partial charge is 1.00 e. The molecule has 0 spiro atoms. The molecule has 0 unspecified atom stereocenters. The maximum atomic E-state index is 12.3. The number of pyridine rings is 2. The number of benzene rings is 1. The number of aromatic nitrogens is 2. The first-order valence-corrected chi connectivity index (χ1v) is 7.35. The fourth-order valence-corrected chi connectivity index (χ4v) is 3.25. The van der Waals surface area contributed by atoms with Gasteiger partial charge >= 0.3 is 0 Å². The molecule has 0 amide bonds. The van der Waals surface area contributed by atoms with Gasteiger partial charge in [0.2, 0.25) is 5.52 Å². The third-order valence-corrected chi connectivity index (χ3v) is 4.05. The fourth-order valence-electron chi connectivity index (χ4n) is 3.25. The third kappa shape index (κ3) is 2.08. The molecule has 0 radical (unpaired) electrons. The van der Waals surface area contributed by atoms with Gasteiger partial charge in [-0.3, -0.25) is 9.20 Å². The first-order valence-electron chi connectivity index (χ1n) is 7.35. The minimum absolute atomic E-state index is 0. The predicted molar refractivity (Wildman–Crippen MR) is 84.9 cm³/mol. The summed E-state index contributed by atoms with van der Waals surface area (Å²) in [5, 5.41) is 2.29. The van der Waals surface area contributed by atoms with Crippen LogP contribution in [0, 0.1) is 5.92 Å². The van der Waals surface area contributed by atoms with Gasteiger partial charge in [-0.15, -0.1) is 0 Å². The summed E-state index contributed by atoms with van der Waals surface area (Å²) in [5.74, 6) is 0.563. The number of halogens is 1. The van der Waals surface area contributed by atoms with E-state index in [-0.39, 0.29) is 29.5 Å². The number of rotatable bonds is 2. The predicted octanol–water partition coefficient (Wildman–Crippen LogP) is -0.00880. The molecule has 3 aromatic heterocycles. The molecule has 0 atom stereocenters. The standard InChI is InChI=1S/C18H17N2O.HI/c1-12(2)11-19-10-9-14-13-5-3-4-6-15(13)20-17(21)8-7-16(19)18(14)20;/h3-10,12H,11H2,1-2H3;1H/q+1;/p-1. The highest BCUT2D eigenvalue weighted by Crippen LogP contribution is 2.28. The van der Waals surface area contributed by atoms with E-state index in [1.54, 1.807) is 6.07 Å². The molecule has 0 saturated carbocycles. The summed E-state index contributed by atoms with van der Waals surface area (Å²) in [7, 11) is 0. The Morgan fingerprint density at radius 2 is 1.82 bits per heavy atom. The van der Waals surface area contributed by atoms with E-state index < -0.39 is 0 Å². The lowest BCUT2D eigenvalue weighted by molar-refractivity contribution is -0.677. The molecule has 3 heterocycles. The first-order chi connectivity index (χ1) is 10.2. The Kier molecular flexibility index (Phi) is 3.80. The quantitative estimate of drug-likeness (QED) is 0.341. The SMILES string of the molecule is CC(C)C[n+]1ccc2c3ccccc3n3c(=O)ccc1c23.[I-]. The number of hydrogen-bond donors (Lipinski definition) is 0. The van der Waals surface area contributed by atoms with Crippen molar-refractivity contribution in [3.63, 3.8) is 0 Å². The van der Waals surface area contributed by atoms with Gasteiger partial charge in [0.05, 0.1) is 5.52 Å². The molecule has 4 aromatic rings. The first kappa shape index (κ1) is 15.2. The van der Waals surface area contributed by atoms with Gasteiger partial charge in [0, 0.05) is 34.9 Å². The fraction of sp³-hybridized carbons (Fsp3) is 0.222. The number of fused-ring (bicyclic) bond motifs is 3. The molecule has 0 aliphatic heterocycles. The summed E-state index contributed by atoms with van der Waals surface area (Å²) in [4.78, 5) is 12.3. The van der Waals surface area contributed by atoms with Crippen LogP contribution in [0.15, 0.2) is 53.5 Å². The van der Waals surface area contributed by atoms with Crippen LogP contribution in [0.5, 0.6) is 0 Å². The molecule has 0 fully saturated rings. The molecular weight excluding hydrogens is 387 g/mol. The number of para-hydroxylation sites is 1. The topological polar surface area (TPSA) is 25.4 Å². The van der Waals surface area contributed by atoms with Crippen molar-refractivity contribution in [2.24, 2.45) is 5.92 Å². The van der Waals surface area contributed by atoms with E-state index in [2.05, 4.69) is 36.7 Å². The summed E-state index contributed by atoms with van der Waals surface area (Å²) in [6.45, 7) is 5.36. The Morgan fingerprint density at radius 1 is 1.05 bits per heavy atom. The summed E-state index contributed by atoms with van der Waals surface area (Å²) in [5.41, 5.74) is 3.19. The molecule has 4 heteroatoms. The highest BCUT2D eigenvalue weighted by Gasteiger charge is 2.19. The molecule has 0 saturated heterocycles. The van der Waals surface area contributed by atoms with Crippen LogP contribution in [0.25, 0.3) is 27.3 Å². The summed E-state index contributed by atoms with van der Waals surface area (Å²) in [6.07, 6.45) is 2.13. The lowest BCUT2D eigenvalue weighted by Crippen LogP contribution is -3.00. The molecule has 22 heavy (non-hydrogen) atoms. The van der Waals surface area contributed by atoms with Crippen LogP contribution in [0.1, 0.15) is 13.8 Å². The van der Waals surface area contributed by atoms with Crippen LogP contribution >= 0.6 is 0 Å². The number of nitrogens with zero attached hydrogens (tertiary/aromatic N) is 2. The van der Waals surface area contributed by atoms with Crippen molar-refractivity contribution >= 4 is 27.3 Å². The average Bonchev–Trinajstić information content (AvgIpc) is 2.80. The third-order valence-electron chi connectivity index (χ3n) is 4.05. The van der Waals surface area contributed by atoms with Crippen LogP contribution in [0.4, 0.5) is 0 Å². The van der Waals surface area contributed by atoms with E-state index in [0.29, 0.717) is 5.92 Å². The maximum absolute atomic E-state index is 12.3. The second-order valence-corrected chi connectivity index (χ2v) is 6.03. The Hall–Kier alpha value is -1.69. The van der Waals surface area contributed by atoms with Crippen molar-refractivity contribution in [1.82, 2.24) is 4.40 Å². The monoisotopic (exact) mass is 404 g/mol. The Labute approximate surface area is 145 Å². The lowest BCUT2D eigenvalue weighted by atomic mass is 10.1. The van der Waals surface area contributed by atoms with Crippen molar-refractivity contribution in [1.29, 1.82) is 0 Å². The van der Waals surface area contributed by atoms with E-state index in [1.807, 2.05) is 28.7 Å². The maximum Gasteiger partial charge on any atom is 0.256 e. The van der Waals surface area contributed by atoms with Crippen LogP contribution in [0.2, 0.25) is 0 Å². The van der Waals surface area contributed by atoms with Crippen molar-refractivity contribution in [3.8, 4) is 0 Å². The number of hydrogen-bond acceptors (Lipinski definition) is 1. The van der Waals surface area contributed by atoms with Gasteiger partial charge in [-0.2, -0.15) is 4.57 Å². The summed E-state index contributed by atoms with van der Waals surface area (Å²) in [6, 6.07) is 13.9. The molecule has 112 valence electrons. The zero-order valence-electron chi connectivity index (χ0n) is 12.6. The smallest absolute Gasteiger partial charge is 0.256 e. The Balaban J connectivity index is 0.00000144. The normalized spacial score (nSPS) is 11.6. The van der Waals surface area contributed by atoms with Gasteiger partial charge < -0.3 is 24.0 Å². The van der Waals surface area contributed by atoms with Gasteiger partial charge in [-0.1, -0.05) is 32.0 Å². The minimum atomic E-state index is 0. The second-order valence-electron chi connectivity index (χ2n) is 6.03. The van der Waals surface area contributed by atoms with E-state index in [0.717, 1.165) is 33.9 Å². The molecule has 0 aliphatic carbocycles. The van der Waals surface area contributed by atoms with Crippen molar-refractivity contribution in [2.75, 3.05) is 0 Å². The molecule has 3 nitrogen and oxygen atoms in total. The lowest BCUT2D eigenvalue weighted by Gasteiger charge is -2.04. The average molecular weight is 404 g/mol. The summed E-state index contributed by atoms with van der Waals surface area (Å²) < 4.78 is 4.09. The minimum Gasteiger partial charge on any atom is -1.00 e. The molecular formula is C18H17IN2O. The second kappa shape index (κ2) is 5.50. The van der Waals surface area contributed by atoms with Gasteiger partial charge in [0.1, 0.15) is 5.52 Å². The Bertz CT molecular complexity index is 1020. The van der Waals surface area contributed by atoms with Crippen molar-refractivity contribution in [3.05, 3.63) is 59.0 Å². The molecule has 4 rings (SSSR count). The summed E-state index contributed by atoms with van der Waals surface area (Å²) >= 11 is 0. The zero-order valence-corrected chi connectivity index (χ0v) is 14.7. The molecule has 0 N–H and O–H groups in total. The van der Waals surface area contributed by atoms with Crippen molar-refractivity contribution in [2.45, 2.75) is 20.4 Å². The van der Waals surface area contributed by atoms with E-state index in [9.17, 15) is 4.79 Å². The van der Waals surface area contributed by atoms with Crippen LogP contribution in [-0.2, 0) is 6.54 Å².